The molecular formula is C23H25N3O6. The maximum atomic E-state index is 12.9. The number of aldehydes is 1. The molecule has 0 aromatic heterocycles. The number of nitrogens with zero attached hydrogens (tertiary/aromatic N) is 1. The third-order valence-electron chi connectivity index (χ3n) is 5.46. The number of hydrogen-bond donors (Lipinski definition) is 3. The Morgan fingerprint density at radius 3 is 2.59 bits per heavy atom. The standard InChI is InChI=1S/C23H25N3O6/c27-14-16(12-21(29)30)24-13-20(28)19-10-3-4-11-26(19)23(32)22(31)25-18-9-5-7-15-6-1-2-8-17(15)18/h1-2,5-9,14,16,19,24H,3-4,10-13H2,(H,25,31)(H,29,30)/t16-,19-/m0/s1. The SMILES string of the molecule is O=C[C@H](CC(=O)O)NCC(=O)[C@@H]1CCCCN1C(=O)C(=O)Nc1cccc2ccccc12. The molecule has 3 rings (SSSR count). The van der Waals surface area contributed by atoms with Gasteiger partial charge in [0.2, 0.25) is 0 Å². The van der Waals surface area contributed by atoms with Gasteiger partial charge in [-0.05, 0) is 30.7 Å². The average Bonchev–Trinajstić information content (AvgIpc) is 2.81. The number of fused-ring (bicyclic) bond motifs is 1. The number of Topliss-reactive ketones (excluding diaryl/α,β-unsaturated/α-hetero) is 1. The van der Waals surface area contributed by atoms with E-state index in [0.29, 0.717) is 24.8 Å². The van der Waals surface area contributed by atoms with Gasteiger partial charge in [-0.2, -0.15) is 0 Å². The minimum absolute atomic E-state index is 0.268. The van der Waals surface area contributed by atoms with Gasteiger partial charge in [0, 0.05) is 17.6 Å². The number of aliphatic carboxylic acids is 1. The van der Waals surface area contributed by atoms with Gasteiger partial charge in [0.25, 0.3) is 0 Å². The minimum atomic E-state index is -1.17. The average molecular weight is 439 g/mol. The first-order chi connectivity index (χ1) is 15.4. The van der Waals surface area contributed by atoms with E-state index in [4.69, 9.17) is 5.11 Å². The van der Waals surface area contributed by atoms with Crippen molar-refractivity contribution in [3.8, 4) is 0 Å². The van der Waals surface area contributed by atoms with Crippen molar-refractivity contribution < 1.29 is 29.1 Å². The molecule has 32 heavy (non-hydrogen) atoms. The zero-order chi connectivity index (χ0) is 23.1. The molecule has 1 fully saturated rings. The molecule has 0 spiro atoms. The van der Waals surface area contributed by atoms with E-state index in [1.807, 2.05) is 30.3 Å². The van der Waals surface area contributed by atoms with Gasteiger partial charge in [0.15, 0.2) is 5.78 Å². The van der Waals surface area contributed by atoms with Gasteiger partial charge in [-0.3, -0.25) is 19.2 Å². The van der Waals surface area contributed by atoms with Gasteiger partial charge in [0.05, 0.1) is 25.0 Å². The molecular weight excluding hydrogens is 414 g/mol. The number of carbonyl (C=O) groups excluding carboxylic acids is 4. The van der Waals surface area contributed by atoms with Crippen molar-refractivity contribution in [1.82, 2.24) is 10.2 Å². The summed E-state index contributed by atoms with van der Waals surface area (Å²) < 4.78 is 0. The lowest BCUT2D eigenvalue weighted by atomic mass is 9.97. The van der Waals surface area contributed by atoms with Crippen LogP contribution in [-0.4, -0.2) is 65.0 Å². The highest BCUT2D eigenvalue weighted by molar-refractivity contribution is 6.40. The fraction of sp³-hybridized carbons (Fsp3) is 0.348. The van der Waals surface area contributed by atoms with Crippen molar-refractivity contribution >= 4 is 46.3 Å². The van der Waals surface area contributed by atoms with E-state index >= 15 is 0 Å². The van der Waals surface area contributed by atoms with E-state index in [0.717, 1.165) is 17.2 Å². The van der Waals surface area contributed by atoms with Gasteiger partial charge in [-0.1, -0.05) is 36.4 Å². The van der Waals surface area contributed by atoms with Crippen LogP contribution in [0.5, 0.6) is 0 Å². The summed E-state index contributed by atoms with van der Waals surface area (Å²) in [7, 11) is 0. The summed E-state index contributed by atoms with van der Waals surface area (Å²) in [6.07, 6.45) is 1.77. The molecule has 168 valence electrons. The summed E-state index contributed by atoms with van der Waals surface area (Å²) in [4.78, 5) is 61.4. The summed E-state index contributed by atoms with van der Waals surface area (Å²) in [6.45, 7) is 0.000504. The van der Waals surface area contributed by atoms with Crippen LogP contribution in [0.3, 0.4) is 0 Å². The number of ketones is 1. The molecule has 1 saturated heterocycles. The molecule has 2 aromatic carbocycles. The molecule has 1 heterocycles. The highest BCUT2D eigenvalue weighted by Gasteiger charge is 2.35. The maximum Gasteiger partial charge on any atom is 0.313 e. The molecule has 0 unspecified atom stereocenters. The van der Waals surface area contributed by atoms with Gasteiger partial charge in [-0.15, -0.1) is 0 Å². The number of nitrogens with one attached hydrogen (secondary N) is 2. The number of anilines is 1. The Hall–Kier alpha value is -3.59. The molecule has 3 N–H and O–H groups in total. The number of carboxylic acids is 1. The predicted molar refractivity (Wildman–Crippen MR) is 117 cm³/mol. The molecule has 2 atom stereocenters. The van der Waals surface area contributed by atoms with Crippen LogP contribution >= 0.6 is 0 Å². The number of hydrogen-bond acceptors (Lipinski definition) is 6. The summed E-state index contributed by atoms with van der Waals surface area (Å²) in [5, 5.41) is 15.8. The molecule has 2 aromatic rings. The Kier molecular flexibility index (Phi) is 7.67. The zero-order valence-corrected chi connectivity index (χ0v) is 17.5. The van der Waals surface area contributed by atoms with Crippen molar-refractivity contribution in [2.45, 2.75) is 37.8 Å². The quantitative estimate of drug-likeness (QED) is 0.418. The second-order valence-electron chi connectivity index (χ2n) is 7.68. The third kappa shape index (κ3) is 5.55. The molecule has 9 nitrogen and oxygen atoms in total. The fourth-order valence-corrected chi connectivity index (χ4v) is 3.86. The Morgan fingerprint density at radius 1 is 1.09 bits per heavy atom. The number of carboxylic acid groups (broad SMARTS) is 1. The summed E-state index contributed by atoms with van der Waals surface area (Å²) in [5.41, 5.74) is 0.505. The Balaban J connectivity index is 1.68. The van der Waals surface area contributed by atoms with Crippen molar-refractivity contribution in [2.75, 3.05) is 18.4 Å². The normalized spacial score (nSPS) is 16.9. The van der Waals surface area contributed by atoms with Crippen LogP contribution in [0.2, 0.25) is 0 Å². The van der Waals surface area contributed by atoms with E-state index in [-0.39, 0.29) is 18.9 Å². The molecule has 1 aliphatic heterocycles. The van der Waals surface area contributed by atoms with Crippen LogP contribution < -0.4 is 10.6 Å². The molecule has 9 heteroatoms. The number of benzene rings is 2. The van der Waals surface area contributed by atoms with E-state index < -0.39 is 36.3 Å². The van der Waals surface area contributed by atoms with E-state index in [1.54, 1.807) is 12.1 Å². The molecule has 2 amide bonds. The highest BCUT2D eigenvalue weighted by Crippen LogP contribution is 2.24. The number of amides is 2. The lowest BCUT2D eigenvalue weighted by Crippen LogP contribution is -2.54. The largest absolute Gasteiger partial charge is 0.481 e. The first kappa shape index (κ1) is 23.1. The van der Waals surface area contributed by atoms with Gasteiger partial charge in [-0.25, -0.2) is 0 Å². The lowest BCUT2D eigenvalue weighted by molar-refractivity contribution is -0.148. The van der Waals surface area contributed by atoms with E-state index in [9.17, 15) is 24.0 Å². The van der Waals surface area contributed by atoms with Crippen LogP contribution in [-0.2, 0) is 24.0 Å². The summed E-state index contributed by atoms with van der Waals surface area (Å²) >= 11 is 0. The summed E-state index contributed by atoms with van der Waals surface area (Å²) in [6, 6.07) is 11.0. The molecule has 0 aliphatic carbocycles. The number of likely N-dealkylation sites (tertiary alicyclic amines) is 1. The zero-order valence-electron chi connectivity index (χ0n) is 17.5. The monoisotopic (exact) mass is 439 g/mol. The lowest BCUT2D eigenvalue weighted by Gasteiger charge is -2.34. The second kappa shape index (κ2) is 10.6. The Bertz CT molecular complexity index is 1030. The van der Waals surface area contributed by atoms with E-state index in [2.05, 4.69) is 10.6 Å². The predicted octanol–water partition coefficient (Wildman–Crippen LogP) is 1.36. The number of piperidine rings is 1. The summed E-state index contributed by atoms with van der Waals surface area (Å²) in [5.74, 6) is -3.16. The van der Waals surface area contributed by atoms with Gasteiger partial charge in [0.1, 0.15) is 6.29 Å². The molecule has 0 radical (unpaired) electrons. The number of carbonyl (C=O) groups is 5. The molecule has 0 bridgehead atoms. The van der Waals surface area contributed by atoms with Crippen molar-refractivity contribution in [3.05, 3.63) is 42.5 Å². The Morgan fingerprint density at radius 2 is 1.84 bits per heavy atom. The van der Waals surface area contributed by atoms with E-state index in [1.165, 1.54) is 4.90 Å². The van der Waals surface area contributed by atoms with Crippen LogP contribution in [0.25, 0.3) is 10.8 Å². The maximum absolute atomic E-state index is 12.9. The fourth-order valence-electron chi connectivity index (χ4n) is 3.86. The van der Waals surface area contributed by atoms with Crippen molar-refractivity contribution in [2.24, 2.45) is 0 Å². The Labute approximate surface area is 184 Å². The molecule has 0 saturated carbocycles. The van der Waals surface area contributed by atoms with Crippen molar-refractivity contribution in [1.29, 1.82) is 0 Å². The first-order valence-corrected chi connectivity index (χ1v) is 10.4. The van der Waals surface area contributed by atoms with Crippen LogP contribution in [0.4, 0.5) is 5.69 Å². The van der Waals surface area contributed by atoms with Crippen LogP contribution in [0.15, 0.2) is 42.5 Å². The highest BCUT2D eigenvalue weighted by atomic mass is 16.4. The van der Waals surface area contributed by atoms with Crippen LogP contribution in [0, 0.1) is 0 Å². The smallest absolute Gasteiger partial charge is 0.313 e. The van der Waals surface area contributed by atoms with Gasteiger partial charge < -0.3 is 25.4 Å². The molecule has 1 aliphatic rings. The second-order valence-corrected chi connectivity index (χ2v) is 7.68. The first-order valence-electron chi connectivity index (χ1n) is 10.4. The third-order valence-corrected chi connectivity index (χ3v) is 5.46. The van der Waals surface area contributed by atoms with Crippen LogP contribution in [0.1, 0.15) is 25.7 Å². The number of rotatable bonds is 8. The van der Waals surface area contributed by atoms with Crippen molar-refractivity contribution in [3.63, 3.8) is 0 Å². The topological polar surface area (TPSA) is 133 Å². The minimum Gasteiger partial charge on any atom is -0.481 e. The van der Waals surface area contributed by atoms with Gasteiger partial charge >= 0.3 is 17.8 Å².